The van der Waals surface area contributed by atoms with Gasteiger partial charge in [-0.1, -0.05) is 60.1 Å². The van der Waals surface area contributed by atoms with E-state index in [2.05, 4.69) is 9.97 Å². The van der Waals surface area contributed by atoms with Crippen LogP contribution in [0, 0.1) is 5.82 Å². The number of imidazole rings is 1. The summed E-state index contributed by atoms with van der Waals surface area (Å²) in [5, 5.41) is 0.547. The molecule has 39 heavy (non-hydrogen) atoms. The molecule has 0 saturated carbocycles. The molecule has 9 heteroatoms. The molecule has 3 aromatic carbocycles. The molecule has 2 atom stereocenters. The first-order chi connectivity index (χ1) is 18.9. The molecular formula is C30H22ClFN4O3. The number of hydrogen-bond acceptors (Lipinski definition) is 5. The summed E-state index contributed by atoms with van der Waals surface area (Å²) in [7, 11) is 0. The minimum atomic E-state index is -1.72. The fraction of sp³-hybridized carbons (Fsp3) is 0.133. The number of fused-ring (bicyclic) bond motifs is 1. The monoisotopic (exact) mass is 540 g/mol. The zero-order valence-electron chi connectivity index (χ0n) is 20.8. The van der Waals surface area contributed by atoms with E-state index in [9.17, 15) is 14.0 Å². The van der Waals surface area contributed by atoms with Gasteiger partial charge in [-0.2, -0.15) is 0 Å². The van der Waals surface area contributed by atoms with Crippen molar-refractivity contribution >= 4 is 34.6 Å². The highest BCUT2D eigenvalue weighted by molar-refractivity contribution is 6.33. The van der Waals surface area contributed by atoms with Gasteiger partial charge >= 0.3 is 6.09 Å². The van der Waals surface area contributed by atoms with Crippen LogP contribution in [0.3, 0.4) is 0 Å². The van der Waals surface area contributed by atoms with Crippen molar-refractivity contribution in [2.45, 2.75) is 25.0 Å². The van der Waals surface area contributed by atoms with Crippen LogP contribution in [-0.4, -0.2) is 31.9 Å². The molecule has 6 rings (SSSR count). The number of cyclic esters (lactones) is 1. The second-order valence-corrected chi connectivity index (χ2v) is 9.84. The Balaban J connectivity index is 1.45. The standard InChI is InChI=1S/C30H22ClFN4O3/c1-18(20-7-10-22(32)11-8-20)36-28(37)30(39-29(36)38,16-19-5-3-2-4-6-19)27-34-25-12-9-21(15-26(25)35-27)23-17-33-14-13-24(23)31/h2-15,17-18H,16H2,1H3,(H,34,35)/t18-,30-/m1/s1. The molecule has 0 radical (unpaired) electrons. The van der Waals surface area contributed by atoms with E-state index in [1.165, 1.54) is 12.1 Å². The molecule has 194 valence electrons. The van der Waals surface area contributed by atoms with Crippen molar-refractivity contribution in [1.82, 2.24) is 19.9 Å². The third-order valence-electron chi connectivity index (χ3n) is 7.00. The molecule has 1 aliphatic rings. The Bertz CT molecular complexity index is 1710. The van der Waals surface area contributed by atoms with Crippen molar-refractivity contribution in [3.8, 4) is 11.1 Å². The molecule has 7 nitrogen and oxygen atoms in total. The fourth-order valence-electron chi connectivity index (χ4n) is 4.93. The topological polar surface area (TPSA) is 88.2 Å². The molecule has 1 aliphatic heterocycles. The first-order valence-corrected chi connectivity index (χ1v) is 12.7. The predicted octanol–water partition coefficient (Wildman–Crippen LogP) is 6.60. The van der Waals surface area contributed by atoms with Crippen LogP contribution in [0.25, 0.3) is 22.2 Å². The van der Waals surface area contributed by atoms with E-state index in [0.29, 0.717) is 21.6 Å². The number of hydrogen-bond donors (Lipinski definition) is 1. The quantitative estimate of drug-likeness (QED) is 0.262. The highest BCUT2D eigenvalue weighted by atomic mass is 35.5. The predicted molar refractivity (Wildman–Crippen MR) is 144 cm³/mol. The van der Waals surface area contributed by atoms with Crippen molar-refractivity contribution in [1.29, 1.82) is 0 Å². The number of imide groups is 1. The van der Waals surface area contributed by atoms with Crippen LogP contribution in [0.1, 0.15) is 29.9 Å². The van der Waals surface area contributed by atoms with Gasteiger partial charge in [0.1, 0.15) is 5.82 Å². The molecule has 0 spiro atoms. The Labute approximate surface area is 228 Å². The maximum atomic E-state index is 14.2. The van der Waals surface area contributed by atoms with Gasteiger partial charge in [0.05, 0.1) is 22.1 Å². The normalized spacial score (nSPS) is 18.0. The number of halogens is 2. The number of ether oxygens (including phenoxy) is 1. The van der Waals surface area contributed by atoms with Crippen molar-refractivity contribution in [2.24, 2.45) is 0 Å². The van der Waals surface area contributed by atoms with Gasteiger partial charge in [-0.3, -0.25) is 9.78 Å². The van der Waals surface area contributed by atoms with Crippen molar-refractivity contribution in [2.75, 3.05) is 0 Å². The summed E-state index contributed by atoms with van der Waals surface area (Å²) in [4.78, 5) is 40.6. The van der Waals surface area contributed by atoms with Gasteiger partial charge in [-0.25, -0.2) is 19.1 Å². The number of nitrogens with zero attached hydrogens (tertiary/aromatic N) is 3. The van der Waals surface area contributed by atoms with Gasteiger partial charge in [-0.05, 0) is 53.9 Å². The molecule has 0 aliphatic carbocycles. The van der Waals surface area contributed by atoms with Crippen LogP contribution in [0.4, 0.5) is 9.18 Å². The molecule has 2 amide bonds. The molecule has 5 aromatic rings. The Morgan fingerprint density at radius 3 is 2.56 bits per heavy atom. The van der Waals surface area contributed by atoms with Crippen LogP contribution in [0.2, 0.25) is 5.02 Å². The third kappa shape index (κ3) is 4.32. The second kappa shape index (κ2) is 9.63. The Morgan fingerprint density at radius 2 is 1.82 bits per heavy atom. The average molecular weight is 541 g/mol. The van der Waals surface area contributed by atoms with Gasteiger partial charge in [0.2, 0.25) is 0 Å². The molecule has 1 N–H and O–H groups in total. The highest BCUT2D eigenvalue weighted by Gasteiger charge is 2.58. The molecule has 0 bridgehead atoms. The Morgan fingerprint density at radius 1 is 1.05 bits per heavy atom. The summed E-state index contributed by atoms with van der Waals surface area (Å²) in [6, 6.07) is 21.5. The number of carbonyl (C=O) groups excluding carboxylic acids is 2. The lowest BCUT2D eigenvalue weighted by Crippen LogP contribution is -2.42. The minimum absolute atomic E-state index is 0.0756. The second-order valence-electron chi connectivity index (χ2n) is 9.43. The lowest BCUT2D eigenvalue weighted by molar-refractivity contribution is -0.139. The fourth-order valence-corrected chi connectivity index (χ4v) is 5.14. The zero-order valence-corrected chi connectivity index (χ0v) is 21.5. The lowest BCUT2D eigenvalue weighted by Gasteiger charge is -2.25. The van der Waals surface area contributed by atoms with Crippen molar-refractivity contribution in [3.05, 3.63) is 119 Å². The average Bonchev–Trinajstić information content (AvgIpc) is 3.48. The SMILES string of the molecule is C[C@H](c1ccc(F)cc1)N1C(=O)O[C@](Cc2ccccc2)(c2nc3cc(-c4cnccc4Cl)ccc3[nH]2)C1=O. The van der Waals surface area contributed by atoms with Crippen LogP contribution in [-0.2, 0) is 21.6 Å². The van der Waals surface area contributed by atoms with E-state index in [0.717, 1.165) is 21.6 Å². The summed E-state index contributed by atoms with van der Waals surface area (Å²) < 4.78 is 19.5. The van der Waals surface area contributed by atoms with E-state index in [-0.39, 0.29) is 12.2 Å². The minimum Gasteiger partial charge on any atom is -0.424 e. The number of aromatic amines is 1. The molecule has 1 saturated heterocycles. The number of H-pyrrole nitrogens is 1. The van der Waals surface area contributed by atoms with Gasteiger partial charge in [-0.15, -0.1) is 0 Å². The summed E-state index contributed by atoms with van der Waals surface area (Å²) in [6.45, 7) is 1.70. The number of pyridine rings is 1. The number of aromatic nitrogens is 3. The number of nitrogens with one attached hydrogen (secondary N) is 1. The number of rotatable bonds is 6. The van der Waals surface area contributed by atoms with Gasteiger partial charge in [0, 0.05) is 24.4 Å². The van der Waals surface area contributed by atoms with Gasteiger partial charge < -0.3 is 9.72 Å². The largest absolute Gasteiger partial charge is 0.424 e. The highest BCUT2D eigenvalue weighted by Crippen LogP contribution is 2.41. The number of amides is 2. The van der Waals surface area contributed by atoms with E-state index < -0.39 is 29.5 Å². The Kier molecular flexibility index (Phi) is 6.12. The van der Waals surface area contributed by atoms with Crippen molar-refractivity contribution in [3.63, 3.8) is 0 Å². The van der Waals surface area contributed by atoms with E-state index in [1.807, 2.05) is 48.5 Å². The van der Waals surface area contributed by atoms with E-state index in [4.69, 9.17) is 21.3 Å². The van der Waals surface area contributed by atoms with Crippen LogP contribution < -0.4 is 0 Å². The summed E-state index contributed by atoms with van der Waals surface area (Å²) in [6.07, 6.45) is 2.57. The maximum absolute atomic E-state index is 14.2. The third-order valence-corrected chi connectivity index (χ3v) is 7.33. The molecule has 0 unspecified atom stereocenters. The summed E-state index contributed by atoms with van der Waals surface area (Å²) in [5.41, 5.74) is 2.44. The van der Waals surface area contributed by atoms with E-state index >= 15 is 0 Å². The first-order valence-electron chi connectivity index (χ1n) is 12.3. The first kappa shape index (κ1) is 24.8. The molecular weight excluding hydrogens is 519 g/mol. The van der Waals surface area contributed by atoms with E-state index in [1.54, 1.807) is 37.5 Å². The van der Waals surface area contributed by atoms with Crippen LogP contribution in [0.15, 0.2) is 91.3 Å². The number of benzene rings is 3. The smallest absolute Gasteiger partial charge is 0.418 e. The Hall–Kier alpha value is -4.56. The molecule has 3 heterocycles. The van der Waals surface area contributed by atoms with Gasteiger partial charge in [0.15, 0.2) is 5.82 Å². The molecule has 2 aromatic heterocycles. The maximum Gasteiger partial charge on any atom is 0.418 e. The lowest BCUT2D eigenvalue weighted by atomic mass is 9.92. The summed E-state index contributed by atoms with van der Waals surface area (Å²) in [5.74, 6) is -0.750. The zero-order chi connectivity index (χ0) is 27.1. The number of carbonyl (C=O) groups is 2. The molecule has 1 fully saturated rings. The summed E-state index contributed by atoms with van der Waals surface area (Å²) >= 11 is 6.37. The van der Waals surface area contributed by atoms with Crippen LogP contribution >= 0.6 is 11.6 Å². The van der Waals surface area contributed by atoms with Gasteiger partial charge in [0.25, 0.3) is 11.5 Å². The van der Waals surface area contributed by atoms with Crippen LogP contribution in [0.5, 0.6) is 0 Å². The van der Waals surface area contributed by atoms with Crippen molar-refractivity contribution < 1.29 is 18.7 Å².